The normalized spacial score (nSPS) is 17.5. The van der Waals surface area contributed by atoms with E-state index in [9.17, 15) is 20.0 Å². The lowest BCUT2D eigenvalue weighted by Gasteiger charge is -2.29. The Bertz CT molecular complexity index is 701. The highest BCUT2D eigenvalue weighted by molar-refractivity contribution is 7.80. The first-order chi connectivity index (χ1) is 10.3. The zero-order valence-corrected chi connectivity index (χ0v) is 12.6. The third-order valence-electron chi connectivity index (χ3n) is 3.20. The molecule has 0 aromatic heterocycles. The summed E-state index contributed by atoms with van der Waals surface area (Å²) in [5, 5.41) is 26.5. The number of aromatic hydroxyl groups is 1. The van der Waals surface area contributed by atoms with Gasteiger partial charge < -0.3 is 20.5 Å². The number of ether oxygens (including phenoxy) is 1. The summed E-state index contributed by atoms with van der Waals surface area (Å²) in [5.74, 6) is -1.06. The minimum absolute atomic E-state index is 0.282. The summed E-state index contributed by atoms with van der Waals surface area (Å²) >= 11 is 5.06. The number of phenolic OH excluding ortho intramolecular Hbond substituents is 1. The van der Waals surface area contributed by atoms with Crippen LogP contribution in [0.1, 0.15) is 18.5 Å². The fourth-order valence-electron chi connectivity index (χ4n) is 2.20. The molecular weight excluding hydrogens is 310 g/mol. The van der Waals surface area contributed by atoms with E-state index in [1.54, 1.807) is 6.92 Å². The number of thiocarbonyl (C=S) groups is 1. The predicted molar refractivity (Wildman–Crippen MR) is 81.1 cm³/mol. The van der Waals surface area contributed by atoms with E-state index >= 15 is 0 Å². The monoisotopic (exact) mass is 323 g/mol. The summed E-state index contributed by atoms with van der Waals surface area (Å²) in [5.41, 5.74) is 0.829. The van der Waals surface area contributed by atoms with Gasteiger partial charge in [-0.3, -0.25) is 10.1 Å². The minimum atomic E-state index is -0.693. The van der Waals surface area contributed by atoms with Crippen molar-refractivity contribution >= 4 is 29.0 Å². The van der Waals surface area contributed by atoms with Gasteiger partial charge in [0.2, 0.25) is 0 Å². The zero-order valence-electron chi connectivity index (χ0n) is 11.7. The molecule has 2 rings (SSSR count). The highest BCUT2D eigenvalue weighted by Gasteiger charge is 2.31. The summed E-state index contributed by atoms with van der Waals surface area (Å²) in [7, 11) is 1.25. The van der Waals surface area contributed by atoms with Gasteiger partial charge in [0, 0.05) is 11.8 Å². The predicted octanol–water partition coefficient (Wildman–Crippen LogP) is 1.27. The van der Waals surface area contributed by atoms with Crippen LogP contribution in [0.2, 0.25) is 0 Å². The van der Waals surface area contributed by atoms with Gasteiger partial charge in [0.15, 0.2) is 10.9 Å². The molecular formula is C13H13N3O5S. The lowest BCUT2D eigenvalue weighted by molar-refractivity contribution is -0.385. The molecule has 1 aliphatic heterocycles. The first-order valence-electron chi connectivity index (χ1n) is 6.19. The molecule has 0 saturated carbocycles. The number of methoxy groups -OCH3 is 1. The number of benzene rings is 1. The number of carbonyl (C=O) groups is 1. The molecule has 1 heterocycles. The summed E-state index contributed by atoms with van der Waals surface area (Å²) in [6.07, 6.45) is 0. The number of hydrogen-bond donors (Lipinski definition) is 3. The maximum absolute atomic E-state index is 12.0. The Labute approximate surface area is 130 Å². The molecule has 1 aromatic rings. The standard InChI is InChI=1S/C13H13N3O5S/c1-6-10(12(18)21-2)11(15-13(22)14-6)7-3-4-8(16(19)20)9(17)5-7/h3-5,11,17H,1-2H3,(H2,14,15,22). The van der Waals surface area contributed by atoms with Crippen LogP contribution in [-0.4, -0.2) is 28.2 Å². The summed E-state index contributed by atoms with van der Waals surface area (Å²) < 4.78 is 4.75. The molecule has 0 saturated heterocycles. The van der Waals surface area contributed by atoms with E-state index in [0.29, 0.717) is 16.4 Å². The average molecular weight is 323 g/mol. The molecule has 1 aromatic carbocycles. The minimum Gasteiger partial charge on any atom is -0.502 e. The number of rotatable bonds is 3. The molecule has 0 radical (unpaired) electrons. The van der Waals surface area contributed by atoms with E-state index in [2.05, 4.69) is 10.6 Å². The third kappa shape index (κ3) is 2.84. The summed E-state index contributed by atoms with van der Waals surface area (Å²) in [4.78, 5) is 22.0. The van der Waals surface area contributed by atoms with Crippen molar-refractivity contribution in [2.75, 3.05) is 7.11 Å². The number of nitro benzene ring substituents is 1. The molecule has 0 amide bonds. The van der Waals surface area contributed by atoms with Crippen molar-refractivity contribution in [1.82, 2.24) is 10.6 Å². The molecule has 0 fully saturated rings. The number of hydrogen-bond acceptors (Lipinski definition) is 6. The Morgan fingerprint density at radius 2 is 2.18 bits per heavy atom. The second-order valence-corrected chi connectivity index (χ2v) is 4.98. The smallest absolute Gasteiger partial charge is 0.337 e. The molecule has 1 unspecified atom stereocenters. The first-order valence-corrected chi connectivity index (χ1v) is 6.60. The number of phenols is 1. The second-order valence-electron chi connectivity index (χ2n) is 4.57. The van der Waals surface area contributed by atoms with Gasteiger partial charge in [-0.1, -0.05) is 0 Å². The average Bonchev–Trinajstić information content (AvgIpc) is 2.45. The topological polar surface area (TPSA) is 114 Å². The van der Waals surface area contributed by atoms with Gasteiger partial charge >= 0.3 is 11.7 Å². The van der Waals surface area contributed by atoms with Crippen molar-refractivity contribution in [2.45, 2.75) is 13.0 Å². The largest absolute Gasteiger partial charge is 0.502 e. The molecule has 8 nitrogen and oxygen atoms in total. The van der Waals surface area contributed by atoms with Crippen molar-refractivity contribution < 1.29 is 19.6 Å². The van der Waals surface area contributed by atoms with Crippen molar-refractivity contribution in [3.8, 4) is 5.75 Å². The summed E-state index contributed by atoms with van der Waals surface area (Å²) in [6.45, 7) is 1.66. The van der Waals surface area contributed by atoms with Gasteiger partial charge in [0.05, 0.1) is 23.6 Å². The molecule has 22 heavy (non-hydrogen) atoms. The van der Waals surface area contributed by atoms with Crippen LogP contribution in [0.25, 0.3) is 0 Å². The van der Waals surface area contributed by atoms with Gasteiger partial charge in [0.1, 0.15) is 0 Å². The molecule has 0 bridgehead atoms. The number of nitrogens with zero attached hydrogens (tertiary/aromatic N) is 1. The molecule has 116 valence electrons. The first kappa shape index (κ1) is 15.7. The van der Waals surface area contributed by atoms with Crippen LogP contribution in [0.5, 0.6) is 5.75 Å². The highest BCUT2D eigenvalue weighted by atomic mass is 32.1. The van der Waals surface area contributed by atoms with Gasteiger partial charge in [-0.2, -0.15) is 0 Å². The van der Waals surface area contributed by atoms with E-state index < -0.39 is 28.4 Å². The van der Waals surface area contributed by atoms with Crippen LogP contribution in [0, 0.1) is 10.1 Å². The van der Waals surface area contributed by atoms with Crippen LogP contribution in [0.4, 0.5) is 5.69 Å². The van der Waals surface area contributed by atoms with Crippen LogP contribution in [0.3, 0.4) is 0 Å². The number of esters is 1. The number of nitro groups is 1. The van der Waals surface area contributed by atoms with Crippen molar-refractivity contribution in [2.24, 2.45) is 0 Å². The lowest BCUT2D eigenvalue weighted by atomic mass is 9.95. The summed E-state index contributed by atoms with van der Waals surface area (Å²) in [6, 6.07) is 3.16. The van der Waals surface area contributed by atoms with E-state index in [-0.39, 0.29) is 5.57 Å². The van der Waals surface area contributed by atoms with Gasteiger partial charge in [-0.05, 0) is 36.8 Å². The van der Waals surface area contributed by atoms with Gasteiger partial charge in [-0.25, -0.2) is 4.79 Å². The number of nitrogens with one attached hydrogen (secondary N) is 2. The maximum atomic E-state index is 12.0. The fraction of sp³-hybridized carbons (Fsp3) is 0.231. The zero-order chi connectivity index (χ0) is 16.4. The Hall–Kier alpha value is -2.68. The SMILES string of the molecule is COC(=O)C1=C(C)NC(=S)NC1c1ccc([N+](=O)[O-])c(O)c1. The number of allylic oxidation sites excluding steroid dienone is 1. The van der Waals surface area contributed by atoms with Crippen LogP contribution in [0.15, 0.2) is 29.5 Å². The van der Waals surface area contributed by atoms with Gasteiger partial charge in [0.25, 0.3) is 0 Å². The van der Waals surface area contributed by atoms with E-state index in [1.807, 2.05) is 0 Å². The quantitative estimate of drug-likeness (QED) is 0.330. The Kier molecular flexibility index (Phi) is 4.27. The van der Waals surface area contributed by atoms with E-state index in [0.717, 1.165) is 0 Å². The molecule has 3 N–H and O–H groups in total. The second kappa shape index (κ2) is 5.98. The molecule has 1 aliphatic rings. The van der Waals surface area contributed by atoms with Crippen molar-refractivity contribution in [3.63, 3.8) is 0 Å². The van der Waals surface area contributed by atoms with Crippen LogP contribution < -0.4 is 10.6 Å². The fourth-order valence-corrected chi connectivity index (χ4v) is 2.47. The van der Waals surface area contributed by atoms with Crippen molar-refractivity contribution in [1.29, 1.82) is 0 Å². The van der Waals surface area contributed by atoms with E-state index in [1.165, 1.54) is 25.3 Å². The van der Waals surface area contributed by atoms with Gasteiger partial charge in [-0.15, -0.1) is 0 Å². The van der Waals surface area contributed by atoms with E-state index in [4.69, 9.17) is 17.0 Å². The van der Waals surface area contributed by atoms with Crippen LogP contribution >= 0.6 is 12.2 Å². The molecule has 0 spiro atoms. The molecule has 1 atom stereocenters. The number of carbonyl (C=O) groups excluding carboxylic acids is 1. The van der Waals surface area contributed by atoms with Crippen molar-refractivity contribution in [3.05, 3.63) is 45.1 Å². The highest BCUT2D eigenvalue weighted by Crippen LogP contribution is 2.33. The Balaban J connectivity index is 2.51. The van der Waals surface area contributed by atoms with Crippen LogP contribution in [-0.2, 0) is 9.53 Å². The lowest BCUT2D eigenvalue weighted by Crippen LogP contribution is -2.45. The molecule has 0 aliphatic carbocycles. The Morgan fingerprint density at radius 1 is 1.50 bits per heavy atom. The third-order valence-corrected chi connectivity index (χ3v) is 3.42. The maximum Gasteiger partial charge on any atom is 0.337 e. The molecule has 9 heteroatoms. The Morgan fingerprint density at radius 3 is 2.73 bits per heavy atom.